The molecular weight excluding hydrogens is 441 g/mol. The van der Waals surface area contributed by atoms with E-state index in [2.05, 4.69) is 45.5 Å². The number of halogens is 1. The normalized spacial score (nSPS) is 17.5. The van der Waals surface area contributed by atoms with Crippen molar-refractivity contribution in [1.29, 1.82) is 0 Å². The molecule has 26 heavy (non-hydrogen) atoms. The Morgan fingerprint density at radius 1 is 1.35 bits per heavy atom. The van der Waals surface area contributed by atoms with Gasteiger partial charge in [-0.25, -0.2) is 0 Å². The van der Waals surface area contributed by atoms with Gasteiger partial charge in [0.05, 0.1) is 11.9 Å². The summed E-state index contributed by atoms with van der Waals surface area (Å²) in [5.74, 6) is 1.64. The van der Waals surface area contributed by atoms with Crippen molar-refractivity contribution in [3.63, 3.8) is 0 Å². The van der Waals surface area contributed by atoms with Gasteiger partial charge in [0.15, 0.2) is 5.96 Å². The topological polar surface area (TPSA) is 63.3 Å². The summed E-state index contributed by atoms with van der Waals surface area (Å²) >= 11 is 0. The number of aliphatic imine (C=N–C) groups is 1. The molecule has 0 spiro atoms. The third kappa shape index (κ3) is 4.57. The van der Waals surface area contributed by atoms with Crippen LogP contribution in [0.1, 0.15) is 28.9 Å². The monoisotopic (exact) mass is 471 g/mol. The molecule has 0 aliphatic carbocycles. The van der Waals surface area contributed by atoms with Gasteiger partial charge in [-0.3, -0.25) is 14.4 Å². The van der Waals surface area contributed by atoms with E-state index in [1.807, 2.05) is 36.7 Å². The van der Waals surface area contributed by atoms with Crippen LogP contribution in [-0.4, -0.2) is 50.6 Å². The van der Waals surface area contributed by atoms with Crippen molar-refractivity contribution in [3.8, 4) is 0 Å². The molecule has 1 unspecified atom stereocenters. The van der Waals surface area contributed by atoms with Crippen LogP contribution in [0.15, 0.2) is 17.4 Å². The molecule has 2 aromatic heterocycles. The van der Waals surface area contributed by atoms with E-state index in [0.29, 0.717) is 5.92 Å². The first kappa shape index (κ1) is 20.7. The molecule has 1 aliphatic rings. The fourth-order valence-corrected chi connectivity index (χ4v) is 3.68. The zero-order chi connectivity index (χ0) is 18.0. The maximum absolute atomic E-state index is 4.49. The first-order chi connectivity index (χ1) is 12.0. The molecule has 7 nitrogen and oxygen atoms in total. The predicted molar refractivity (Wildman–Crippen MR) is 115 cm³/mol. The van der Waals surface area contributed by atoms with Crippen molar-refractivity contribution in [2.24, 2.45) is 25.0 Å². The number of nitrogens with one attached hydrogen (secondary N) is 1. The molecule has 3 rings (SSSR count). The lowest BCUT2D eigenvalue weighted by Gasteiger charge is -2.22. The summed E-state index contributed by atoms with van der Waals surface area (Å²) in [6.07, 6.45) is 6.37. The number of hydrogen-bond acceptors (Lipinski definition) is 3. The summed E-state index contributed by atoms with van der Waals surface area (Å²) in [7, 11) is 5.82. The molecule has 3 heterocycles. The van der Waals surface area contributed by atoms with Crippen molar-refractivity contribution < 1.29 is 0 Å². The third-order valence-electron chi connectivity index (χ3n) is 5.16. The fourth-order valence-electron chi connectivity index (χ4n) is 3.68. The van der Waals surface area contributed by atoms with Crippen LogP contribution in [0.25, 0.3) is 0 Å². The number of hydrogen-bond donors (Lipinski definition) is 1. The van der Waals surface area contributed by atoms with Crippen LogP contribution in [0, 0.1) is 19.8 Å². The van der Waals surface area contributed by atoms with E-state index in [1.165, 1.54) is 23.2 Å². The lowest BCUT2D eigenvalue weighted by atomic mass is 10.0. The Labute approximate surface area is 172 Å². The SMILES string of the molecule is CN=C(NCc1c(C)nn(C)c1C)N1CCC(Cc2cnn(C)c2)C1.I. The minimum absolute atomic E-state index is 0. The van der Waals surface area contributed by atoms with Crippen molar-refractivity contribution in [3.05, 3.63) is 34.9 Å². The molecule has 0 amide bonds. The maximum Gasteiger partial charge on any atom is 0.193 e. The van der Waals surface area contributed by atoms with Crippen LogP contribution in [0.5, 0.6) is 0 Å². The second-order valence-electron chi connectivity index (χ2n) is 7.00. The molecule has 1 fully saturated rings. The Morgan fingerprint density at radius 2 is 2.12 bits per heavy atom. The quantitative estimate of drug-likeness (QED) is 0.421. The molecule has 2 aromatic rings. The molecule has 0 saturated carbocycles. The Kier molecular flexibility index (Phi) is 7.08. The van der Waals surface area contributed by atoms with Crippen LogP contribution in [0.2, 0.25) is 0 Å². The van der Waals surface area contributed by atoms with Crippen LogP contribution in [-0.2, 0) is 27.1 Å². The van der Waals surface area contributed by atoms with Gasteiger partial charge in [-0.05, 0) is 38.2 Å². The largest absolute Gasteiger partial charge is 0.352 e. The molecule has 0 aromatic carbocycles. The molecule has 1 saturated heterocycles. The van der Waals surface area contributed by atoms with Crippen molar-refractivity contribution in [1.82, 2.24) is 29.8 Å². The van der Waals surface area contributed by atoms with E-state index in [-0.39, 0.29) is 24.0 Å². The molecular formula is C18H30IN7. The summed E-state index contributed by atoms with van der Waals surface area (Å²) in [5.41, 5.74) is 4.86. The number of guanidine groups is 1. The van der Waals surface area contributed by atoms with Gasteiger partial charge in [0.25, 0.3) is 0 Å². The summed E-state index contributed by atoms with van der Waals surface area (Å²) < 4.78 is 3.82. The van der Waals surface area contributed by atoms with Crippen LogP contribution >= 0.6 is 24.0 Å². The van der Waals surface area contributed by atoms with Gasteiger partial charge >= 0.3 is 0 Å². The number of rotatable bonds is 4. The van der Waals surface area contributed by atoms with Crippen LogP contribution < -0.4 is 5.32 Å². The highest BCUT2D eigenvalue weighted by Crippen LogP contribution is 2.21. The predicted octanol–water partition coefficient (Wildman–Crippen LogP) is 2.03. The Hall–Kier alpha value is -1.58. The zero-order valence-electron chi connectivity index (χ0n) is 16.4. The Balaban J connectivity index is 0.00000243. The van der Waals surface area contributed by atoms with E-state index in [9.17, 15) is 0 Å². The van der Waals surface area contributed by atoms with Crippen LogP contribution in [0.4, 0.5) is 0 Å². The van der Waals surface area contributed by atoms with E-state index in [1.54, 1.807) is 0 Å². The third-order valence-corrected chi connectivity index (χ3v) is 5.16. The summed E-state index contributed by atoms with van der Waals surface area (Å²) in [5, 5.41) is 12.3. The van der Waals surface area contributed by atoms with Gasteiger partial charge in [-0.2, -0.15) is 10.2 Å². The Bertz CT molecular complexity index is 762. The second-order valence-corrected chi connectivity index (χ2v) is 7.00. The van der Waals surface area contributed by atoms with E-state index in [0.717, 1.165) is 37.7 Å². The van der Waals surface area contributed by atoms with E-state index >= 15 is 0 Å². The molecule has 1 aliphatic heterocycles. The number of likely N-dealkylation sites (tertiary alicyclic amines) is 1. The average molecular weight is 471 g/mol. The first-order valence-electron chi connectivity index (χ1n) is 8.90. The van der Waals surface area contributed by atoms with Crippen molar-refractivity contribution >= 4 is 29.9 Å². The number of aryl methyl sites for hydroxylation is 3. The number of aromatic nitrogens is 4. The lowest BCUT2D eigenvalue weighted by Crippen LogP contribution is -2.39. The highest BCUT2D eigenvalue weighted by molar-refractivity contribution is 14.0. The number of nitrogens with zero attached hydrogens (tertiary/aromatic N) is 6. The van der Waals surface area contributed by atoms with Gasteiger partial charge in [0.2, 0.25) is 0 Å². The van der Waals surface area contributed by atoms with Crippen molar-refractivity contribution in [2.45, 2.75) is 33.2 Å². The smallest absolute Gasteiger partial charge is 0.193 e. The molecule has 144 valence electrons. The van der Waals surface area contributed by atoms with Gasteiger partial charge in [-0.15, -0.1) is 24.0 Å². The molecule has 0 radical (unpaired) electrons. The summed E-state index contributed by atoms with van der Waals surface area (Å²) in [4.78, 5) is 6.85. The highest BCUT2D eigenvalue weighted by atomic mass is 127. The molecule has 0 bridgehead atoms. The van der Waals surface area contributed by atoms with Crippen LogP contribution in [0.3, 0.4) is 0 Å². The minimum Gasteiger partial charge on any atom is -0.352 e. The van der Waals surface area contributed by atoms with Gasteiger partial charge < -0.3 is 10.2 Å². The maximum atomic E-state index is 4.49. The van der Waals surface area contributed by atoms with Crippen molar-refractivity contribution in [2.75, 3.05) is 20.1 Å². The molecule has 1 N–H and O–H groups in total. The molecule has 8 heteroatoms. The zero-order valence-corrected chi connectivity index (χ0v) is 18.7. The standard InChI is InChI=1S/C18H29N7.HI/c1-13-17(14(2)24(5)22-13)10-20-18(19-3)25-7-6-15(12-25)8-16-9-21-23(4)11-16;/h9,11,15H,6-8,10,12H2,1-5H3,(H,19,20);1H. The van der Waals surface area contributed by atoms with Gasteiger partial charge in [0.1, 0.15) is 0 Å². The first-order valence-corrected chi connectivity index (χ1v) is 8.90. The fraction of sp³-hybridized carbons (Fsp3) is 0.611. The van der Waals surface area contributed by atoms with E-state index in [4.69, 9.17) is 0 Å². The summed E-state index contributed by atoms with van der Waals surface area (Å²) in [6, 6.07) is 0. The average Bonchev–Trinajstić information content (AvgIpc) is 3.25. The molecule has 1 atom stereocenters. The summed E-state index contributed by atoms with van der Waals surface area (Å²) in [6.45, 7) is 7.03. The lowest BCUT2D eigenvalue weighted by molar-refractivity contribution is 0.459. The van der Waals surface area contributed by atoms with Gasteiger partial charge in [0, 0.05) is 58.2 Å². The minimum atomic E-state index is 0. The van der Waals surface area contributed by atoms with E-state index < -0.39 is 0 Å². The van der Waals surface area contributed by atoms with Gasteiger partial charge in [-0.1, -0.05) is 0 Å². The second kappa shape index (κ2) is 8.88. The Morgan fingerprint density at radius 3 is 2.69 bits per heavy atom. The highest BCUT2D eigenvalue weighted by Gasteiger charge is 2.25.